The van der Waals surface area contributed by atoms with Crippen LogP contribution in [0.25, 0.3) is 10.8 Å². The zero-order chi connectivity index (χ0) is 22.9. The molecule has 3 nitrogen and oxygen atoms in total. The van der Waals surface area contributed by atoms with Crippen molar-refractivity contribution in [2.45, 2.75) is 12.0 Å². The minimum Gasteiger partial charge on any atom is -0.488 e. The number of carbonyl (C=O) groups excluding carboxylic acids is 1. The number of fused-ring (bicyclic) bond motifs is 1. The SMILES string of the molecule is O=C1CS[C@@H](c2c(OCc3ccc(Cl)cc3Cl)ccc3ccccc23)N1c1ccc(Cl)cc1. The highest BCUT2D eigenvalue weighted by atomic mass is 35.5. The summed E-state index contributed by atoms with van der Waals surface area (Å²) in [6.07, 6.45) is 0. The molecule has 0 saturated carbocycles. The molecule has 0 aromatic heterocycles. The number of hydrogen-bond donors (Lipinski definition) is 0. The normalized spacial score (nSPS) is 15.9. The summed E-state index contributed by atoms with van der Waals surface area (Å²) in [4.78, 5) is 14.8. The topological polar surface area (TPSA) is 29.5 Å². The molecule has 1 fully saturated rings. The van der Waals surface area contributed by atoms with Crippen LogP contribution in [0.15, 0.2) is 78.9 Å². The third-order valence-corrected chi connectivity index (χ3v) is 7.56. The first-order valence-corrected chi connectivity index (χ1v) is 12.5. The lowest BCUT2D eigenvalue weighted by atomic mass is 10.0. The molecule has 1 saturated heterocycles. The van der Waals surface area contributed by atoms with E-state index in [9.17, 15) is 4.79 Å². The summed E-state index contributed by atoms with van der Waals surface area (Å²) in [7, 11) is 0. The van der Waals surface area contributed by atoms with E-state index in [0.717, 1.165) is 27.6 Å². The molecule has 1 heterocycles. The van der Waals surface area contributed by atoms with Gasteiger partial charge >= 0.3 is 0 Å². The summed E-state index contributed by atoms with van der Waals surface area (Å²) < 4.78 is 6.30. The van der Waals surface area contributed by atoms with Crippen molar-refractivity contribution < 1.29 is 9.53 Å². The first-order valence-electron chi connectivity index (χ1n) is 10.3. The highest BCUT2D eigenvalue weighted by Gasteiger charge is 2.36. The van der Waals surface area contributed by atoms with Crippen LogP contribution >= 0.6 is 46.6 Å². The molecule has 0 unspecified atom stereocenters. The maximum absolute atomic E-state index is 12.9. The Morgan fingerprint density at radius 3 is 2.45 bits per heavy atom. The number of rotatable bonds is 5. The van der Waals surface area contributed by atoms with E-state index in [0.29, 0.717) is 26.6 Å². The van der Waals surface area contributed by atoms with E-state index in [1.807, 2.05) is 47.4 Å². The van der Waals surface area contributed by atoms with E-state index in [1.165, 1.54) is 0 Å². The Balaban J connectivity index is 1.58. The number of carbonyl (C=O) groups is 1. The average Bonchev–Trinajstić information content (AvgIpc) is 3.19. The molecule has 0 N–H and O–H groups in total. The van der Waals surface area contributed by atoms with Gasteiger partial charge in [0, 0.05) is 31.9 Å². The van der Waals surface area contributed by atoms with Crippen molar-refractivity contribution in [1.82, 2.24) is 0 Å². The number of ether oxygens (including phenoxy) is 1. The van der Waals surface area contributed by atoms with Gasteiger partial charge in [0.15, 0.2) is 0 Å². The number of thioether (sulfide) groups is 1. The Morgan fingerprint density at radius 1 is 0.909 bits per heavy atom. The van der Waals surface area contributed by atoms with Crippen LogP contribution in [0.3, 0.4) is 0 Å². The van der Waals surface area contributed by atoms with Crippen LogP contribution < -0.4 is 9.64 Å². The molecule has 0 aliphatic carbocycles. The summed E-state index contributed by atoms with van der Waals surface area (Å²) >= 11 is 20.1. The number of nitrogens with zero attached hydrogens (tertiary/aromatic N) is 1. The fourth-order valence-corrected chi connectivity index (χ4v) is 5.80. The van der Waals surface area contributed by atoms with Gasteiger partial charge in [0.2, 0.25) is 5.91 Å². The molecule has 5 rings (SSSR count). The van der Waals surface area contributed by atoms with Crippen LogP contribution in [0.5, 0.6) is 5.75 Å². The van der Waals surface area contributed by atoms with Gasteiger partial charge in [-0.25, -0.2) is 0 Å². The van der Waals surface area contributed by atoms with Crippen molar-refractivity contribution in [2.75, 3.05) is 10.7 Å². The first kappa shape index (κ1) is 22.4. The molecular formula is C26H18Cl3NO2S. The maximum Gasteiger partial charge on any atom is 0.238 e. The predicted octanol–water partition coefficient (Wildman–Crippen LogP) is 8.16. The lowest BCUT2D eigenvalue weighted by Crippen LogP contribution is -2.28. The Hall–Kier alpha value is -2.37. The summed E-state index contributed by atoms with van der Waals surface area (Å²) in [6.45, 7) is 0.285. The second-order valence-corrected chi connectivity index (χ2v) is 9.98. The van der Waals surface area contributed by atoms with Crippen molar-refractivity contribution in [3.63, 3.8) is 0 Å². The molecule has 0 spiro atoms. The monoisotopic (exact) mass is 513 g/mol. The molecule has 1 aliphatic rings. The molecule has 166 valence electrons. The van der Waals surface area contributed by atoms with Gasteiger partial charge in [0.05, 0.1) is 5.75 Å². The standard InChI is InChI=1S/C26H18Cl3NO2S/c27-18-8-10-20(11-9-18)30-24(31)15-33-26(30)25-21-4-2-1-3-16(21)6-12-23(25)32-14-17-5-7-19(28)13-22(17)29/h1-13,26H,14-15H2/t26-/m0/s1. The van der Waals surface area contributed by atoms with Gasteiger partial charge in [-0.15, -0.1) is 11.8 Å². The van der Waals surface area contributed by atoms with E-state index in [-0.39, 0.29) is 17.9 Å². The minimum absolute atomic E-state index is 0.0481. The molecule has 0 bridgehead atoms. The van der Waals surface area contributed by atoms with Gasteiger partial charge < -0.3 is 4.74 Å². The van der Waals surface area contributed by atoms with Gasteiger partial charge in [0.1, 0.15) is 17.7 Å². The van der Waals surface area contributed by atoms with E-state index in [1.54, 1.807) is 36.0 Å². The van der Waals surface area contributed by atoms with Crippen LogP contribution in [0.4, 0.5) is 5.69 Å². The van der Waals surface area contributed by atoms with Crippen molar-refractivity contribution in [2.24, 2.45) is 0 Å². The van der Waals surface area contributed by atoms with Gasteiger partial charge in [-0.3, -0.25) is 9.69 Å². The smallest absolute Gasteiger partial charge is 0.238 e. The Morgan fingerprint density at radius 2 is 1.67 bits per heavy atom. The van der Waals surface area contributed by atoms with Crippen molar-refractivity contribution in [3.8, 4) is 5.75 Å². The minimum atomic E-state index is -0.236. The Bertz CT molecular complexity index is 1340. The van der Waals surface area contributed by atoms with Gasteiger partial charge in [0.25, 0.3) is 0 Å². The average molecular weight is 515 g/mol. The van der Waals surface area contributed by atoms with Crippen LogP contribution in [0.2, 0.25) is 15.1 Å². The summed E-state index contributed by atoms with van der Waals surface area (Å²) in [5.74, 6) is 1.15. The zero-order valence-electron chi connectivity index (χ0n) is 17.3. The van der Waals surface area contributed by atoms with Gasteiger partial charge in [-0.2, -0.15) is 0 Å². The van der Waals surface area contributed by atoms with Crippen LogP contribution in [-0.4, -0.2) is 11.7 Å². The van der Waals surface area contributed by atoms with Crippen molar-refractivity contribution in [3.05, 3.63) is 105 Å². The summed E-state index contributed by atoms with van der Waals surface area (Å²) in [5, 5.41) is 3.65. The second kappa shape index (κ2) is 9.47. The number of benzene rings is 4. The molecule has 7 heteroatoms. The molecule has 0 radical (unpaired) electrons. The number of amides is 1. The number of anilines is 1. The van der Waals surface area contributed by atoms with Crippen LogP contribution in [0.1, 0.15) is 16.5 Å². The van der Waals surface area contributed by atoms with Crippen LogP contribution in [-0.2, 0) is 11.4 Å². The number of hydrogen-bond acceptors (Lipinski definition) is 3. The quantitative estimate of drug-likeness (QED) is 0.269. The van der Waals surface area contributed by atoms with E-state index in [2.05, 4.69) is 12.1 Å². The third kappa shape index (κ3) is 4.53. The second-order valence-electron chi connectivity index (χ2n) is 7.63. The third-order valence-electron chi connectivity index (χ3n) is 5.55. The highest BCUT2D eigenvalue weighted by molar-refractivity contribution is 8.00. The fourth-order valence-electron chi connectivity index (χ4n) is 3.97. The molecule has 33 heavy (non-hydrogen) atoms. The van der Waals surface area contributed by atoms with Crippen LogP contribution in [0, 0.1) is 0 Å². The lowest BCUT2D eigenvalue weighted by Gasteiger charge is -2.27. The van der Waals surface area contributed by atoms with E-state index in [4.69, 9.17) is 39.5 Å². The summed E-state index contributed by atoms with van der Waals surface area (Å²) in [6, 6.07) is 24.8. The maximum atomic E-state index is 12.9. The van der Waals surface area contributed by atoms with E-state index >= 15 is 0 Å². The zero-order valence-corrected chi connectivity index (χ0v) is 20.4. The molecule has 4 aromatic carbocycles. The summed E-state index contributed by atoms with van der Waals surface area (Å²) in [5.41, 5.74) is 2.60. The van der Waals surface area contributed by atoms with Gasteiger partial charge in [-0.05, 0) is 53.2 Å². The number of halogens is 3. The molecular weight excluding hydrogens is 497 g/mol. The molecule has 1 amide bonds. The largest absolute Gasteiger partial charge is 0.488 e. The Labute approximate surface area is 211 Å². The van der Waals surface area contributed by atoms with Crippen molar-refractivity contribution >= 4 is 68.9 Å². The molecule has 1 aliphatic heterocycles. The predicted molar refractivity (Wildman–Crippen MR) is 139 cm³/mol. The molecule has 4 aromatic rings. The molecule has 1 atom stereocenters. The van der Waals surface area contributed by atoms with Gasteiger partial charge in [-0.1, -0.05) is 71.2 Å². The fraction of sp³-hybridized carbons (Fsp3) is 0.115. The highest BCUT2D eigenvalue weighted by Crippen LogP contribution is 2.47. The first-order chi connectivity index (χ1) is 16.0. The van der Waals surface area contributed by atoms with E-state index < -0.39 is 0 Å². The van der Waals surface area contributed by atoms with Crippen molar-refractivity contribution in [1.29, 1.82) is 0 Å². The Kier molecular flexibility index (Phi) is 6.44. The lowest BCUT2D eigenvalue weighted by molar-refractivity contribution is -0.115.